The first-order valence-corrected chi connectivity index (χ1v) is 6.11. The molecule has 1 aromatic carbocycles. The highest BCUT2D eigenvalue weighted by Gasteiger charge is 2.13. The van der Waals surface area contributed by atoms with Crippen molar-refractivity contribution >= 4 is 17.4 Å². The number of Topliss-reactive ketones (excluding diaryl/α,β-unsaturated/α-hetero) is 1. The molecule has 0 spiro atoms. The number of likely N-dealkylation sites (N-methyl/N-ethyl adjacent to an activating group) is 1. The van der Waals surface area contributed by atoms with E-state index in [9.17, 15) is 19.7 Å². The van der Waals surface area contributed by atoms with Crippen LogP contribution in [-0.2, 0) is 4.79 Å². The molecule has 7 heteroatoms. The summed E-state index contributed by atoms with van der Waals surface area (Å²) in [5.74, 6) is -0.312. The predicted octanol–water partition coefficient (Wildman–Crippen LogP) is 0.845. The molecule has 0 saturated heterocycles. The van der Waals surface area contributed by atoms with E-state index in [0.717, 1.165) is 0 Å². The Labute approximate surface area is 116 Å². The summed E-state index contributed by atoms with van der Waals surface area (Å²) in [6.07, 6.45) is 0.301. The molecule has 0 heterocycles. The van der Waals surface area contributed by atoms with E-state index < -0.39 is 4.92 Å². The first-order valence-electron chi connectivity index (χ1n) is 6.11. The van der Waals surface area contributed by atoms with Crippen LogP contribution in [0.2, 0.25) is 0 Å². The van der Waals surface area contributed by atoms with Gasteiger partial charge in [0.1, 0.15) is 0 Å². The molecule has 0 aromatic heterocycles. The molecule has 0 atom stereocenters. The number of non-ortho nitro benzene ring substituents is 1. The zero-order chi connectivity index (χ0) is 15.1. The molecule has 108 valence electrons. The highest BCUT2D eigenvalue weighted by Crippen LogP contribution is 2.13. The van der Waals surface area contributed by atoms with E-state index in [1.165, 1.54) is 18.2 Å². The highest BCUT2D eigenvalue weighted by molar-refractivity contribution is 5.98. The Kier molecular flexibility index (Phi) is 5.79. The fourth-order valence-electron chi connectivity index (χ4n) is 1.63. The second-order valence-corrected chi connectivity index (χ2v) is 4.39. The van der Waals surface area contributed by atoms with E-state index in [0.29, 0.717) is 18.5 Å². The van der Waals surface area contributed by atoms with Gasteiger partial charge in [-0.1, -0.05) is 12.1 Å². The highest BCUT2D eigenvalue weighted by atomic mass is 16.6. The maximum absolute atomic E-state index is 12.0. The van der Waals surface area contributed by atoms with Gasteiger partial charge in [-0.05, 0) is 7.05 Å². The van der Waals surface area contributed by atoms with Crippen LogP contribution >= 0.6 is 0 Å². The Morgan fingerprint density at radius 3 is 2.70 bits per heavy atom. The molecule has 1 rings (SSSR count). The van der Waals surface area contributed by atoms with Crippen LogP contribution in [0, 0.1) is 10.1 Å². The molecule has 1 aromatic rings. The molecule has 0 aliphatic carbocycles. The van der Waals surface area contributed by atoms with Crippen LogP contribution < -0.4 is 5.32 Å². The van der Waals surface area contributed by atoms with E-state index in [-0.39, 0.29) is 23.9 Å². The quantitative estimate of drug-likeness (QED) is 0.453. The van der Waals surface area contributed by atoms with Gasteiger partial charge in [0, 0.05) is 37.7 Å². The molecule has 0 unspecified atom stereocenters. The molecule has 1 N–H and O–H groups in total. The van der Waals surface area contributed by atoms with E-state index in [1.807, 2.05) is 0 Å². The third-order valence-electron chi connectivity index (χ3n) is 2.79. The lowest BCUT2D eigenvalue weighted by Crippen LogP contribution is -2.30. The molecule has 0 aliphatic heterocycles. The zero-order valence-corrected chi connectivity index (χ0v) is 11.5. The van der Waals surface area contributed by atoms with Crippen LogP contribution in [0.15, 0.2) is 24.3 Å². The number of hydrogen-bond donors (Lipinski definition) is 1. The topological polar surface area (TPSA) is 92.6 Å². The van der Waals surface area contributed by atoms with Crippen molar-refractivity contribution in [2.45, 2.75) is 6.42 Å². The standard InChI is InChI=1S/C13H17N3O4/c1-14-13(18)6-7-15(2)9-12(17)10-4-3-5-11(8-10)16(19)20/h3-5,8H,6-7,9H2,1-2H3,(H,14,18). The molecule has 1 amide bonds. The van der Waals surface area contributed by atoms with Crippen LogP contribution in [-0.4, -0.2) is 48.7 Å². The van der Waals surface area contributed by atoms with Gasteiger partial charge >= 0.3 is 0 Å². The number of amides is 1. The van der Waals surface area contributed by atoms with Crippen LogP contribution in [0.4, 0.5) is 5.69 Å². The predicted molar refractivity (Wildman–Crippen MR) is 73.6 cm³/mol. The smallest absolute Gasteiger partial charge is 0.270 e. The van der Waals surface area contributed by atoms with E-state index in [2.05, 4.69) is 5.32 Å². The Hall–Kier alpha value is -2.28. The number of carbonyl (C=O) groups is 2. The van der Waals surface area contributed by atoms with Gasteiger partial charge in [-0.15, -0.1) is 0 Å². The van der Waals surface area contributed by atoms with Gasteiger partial charge in [0.25, 0.3) is 5.69 Å². The number of hydrogen-bond acceptors (Lipinski definition) is 5. The summed E-state index contributed by atoms with van der Waals surface area (Å²) in [5.41, 5.74) is 0.190. The minimum Gasteiger partial charge on any atom is -0.359 e. The number of nitro benzene ring substituents is 1. The SMILES string of the molecule is CNC(=O)CCN(C)CC(=O)c1cccc([N+](=O)[O-])c1. The van der Waals surface area contributed by atoms with Crippen molar-refractivity contribution in [2.75, 3.05) is 27.2 Å². The van der Waals surface area contributed by atoms with Crippen LogP contribution in [0.25, 0.3) is 0 Å². The molecule has 0 bridgehead atoms. The van der Waals surface area contributed by atoms with Crippen molar-refractivity contribution in [1.82, 2.24) is 10.2 Å². The summed E-state index contributed by atoms with van der Waals surface area (Å²) in [6, 6.07) is 5.62. The summed E-state index contributed by atoms with van der Waals surface area (Å²) in [4.78, 5) is 34.9. The third-order valence-corrected chi connectivity index (χ3v) is 2.79. The van der Waals surface area contributed by atoms with Crippen molar-refractivity contribution in [1.29, 1.82) is 0 Å². The number of nitrogens with zero attached hydrogens (tertiary/aromatic N) is 2. The van der Waals surface area contributed by atoms with Gasteiger partial charge in [-0.25, -0.2) is 0 Å². The number of rotatable bonds is 7. The van der Waals surface area contributed by atoms with E-state index in [4.69, 9.17) is 0 Å². The molecule has 0 aliphatic rings. The normalized spacial score (nSPS) is 10.3. The van der Waals surface area contributed by atoms with Gasteiger partial charge in [-0.3, -0.25) is 24.6 Å². The minimum atomic E-state index is -0.536. The van der Waals surface area contributed by atoms with Gasteiger partial charge in [0.15, 0.2) is 5.78 Å². The fraction of sp³-hybridized carbons (Fsp3) is 0.385. The average Bonchev–Trinajstić information content (AvgIpc) is 2.44. The van der Waals surface area contributed by atoms with Gasteiger partial charge in [-0.2, -0.15) is 0 Å². The second-order valence-electron chi connectivity index (χ2n) is 4.39. The molecule has 0 saturated carbocycles. The largest absolute Gasteiger partial charge is 0.359 e. The summed E-state index contributed by atoms with van der Waals surface area (Å²) in [6.45, 7) is 0.554. The molecule has 0 fully saturated rings. The summed E-state index contributed by atoms with van der Waals surface area (Å²) in [7, 11) is 3.27. The summed E-state index contributed by atoms with van der Waals surface area (Å²) in [5, 5.41) is 13.1. The first-order chi connectivity index (χ1) is 9.43. The lowest BCUT2D eigenvalue weighted by Gasteiger charge is -2.14. The average molecular weight is 279 g/mol. The fourth-order valence-corrected chi connectivity index (χ4v) is 1.63. The van der Waals surface area contributed by atoms with Gasteiger partial charge in [0.2, 0.25) is 5.91 Å². The van der Waals surface area contributed by atoms with Gasteiger partial charge in [0.05, 0.1) is 11.5 Å². The van der Waals surface area contributed by atoms with Crippen molar-refractivity contribution < 1.29 is 14.5 Å². The Bertz CT molecular complexity index is 516. The lowest BCUT2D eigenvalue weighted by molar-refractivity contribution is -0.384. The van der Waals surface area contributed by atoms with E-state index in [1.54, 1.807) is 25.1 Å². The summed E-state index contributed by atoms with van der Waals surface area (Å²) >= 11 is 0. The maximum Gasteiger partial charge on any atom is 0.270 e. The molecule has 20 heavy (non-hydrogen) atoms. The van der Waals surface area contributed by atoms with Crippen molar-refractivity contribution in [3.63, 3.8) is 0 Å². The first kappa shape index (κ1) is 15.8. The molecule has 0 radical (unpaired) electrons. The van der Waals surface area contributed by atoms with Crippen molar-refractivity contribution in [2.24, 2.45) is 0 Å². The molecule has 7 nitrogen and oxygen atoms in total. The van der Waals surface area contributed by atoms with Gasteiger partial charge < -0.3 is 5.32 Å². The number of carbonyl (C=O) groups excluding carboxylic acids is 2. The van der Waals surface area contributed by atoms with Crippen molar-refractivity contribution in [3.8, 4) is 0 Å². The van der Waals surface area contributed by atoms with Crippen molar-refractivity contribution in [3.05, 3.63) is 39.9 Å². The maximum atomic E-state index is 12.0. The summed E-state index contributed by atoms with van der Waals surface area (Å²) < 4.78 is 0. The Morgan fingerprint density at radius 2 is 2.10 bits per heavy atom. The zero-order valence-electron chi connectivity index (χ0n) is 11.5. The molecular weight excluding hydrogens is 262 g/mol. The Balaban J connectivity index is 2.60. The lowest BCUT2D eigenvalue weighted by atomic mass is 10.1. The van der Waals surface area contributed by atoms with E-state index >= 15 is 0 Å². The monoisotopic (exact) mass is 279 g/mol. The number of nitrogens with one attached hydrogen (secondary N) is 1. The third kappa shape index (κ3) is 4.77. The number of ketones is 1. The second kappa shape index (κ2) is 7.34. The molecular formula is C13H17N3O4. The Morgan fingerprint density at radius 1 is 1.40 bits per heavy atom. The minimum absolute atomic E-state index is 0.0975. The van der Waals surface area contributed by atoms with Crippen LogP contribution in [0.3, 0.4) is 0 Å². The number of nitro groups is 1. The number of benzene rings is 1. The van der Waals surface area contributed by atoms with Crippen LogP contribution in [0.1, 0.15) is 16.8 Å². The van der Waals surface area contributed by atoms with Crippen LogP contribution in [0.5, 0.6) is 0 Å².